The number of aromatic nitrogens is 2. The lowest BCUT2D eigenvalue weighted by molar-refractivity contribution is -0.121. The molecule has 1 fully saturated rings. The van der Waals surface area contributed by atoms with Crippen LogP contribution in [0.5, 0.6) is 0 Å². The zero-order valence-electron chi connectivity index (χ0n) is 12.0. The Hall–Kier alpha value is -2.21. The summed E-state index contributed by atoms with van der Waals surface area (Å²) in [5.41, 5.74) is 1.13. The van der Waals surface area contributed by atoms with Crippen LogP contribution < -0.4 is 5.32 Å². The Labute approximate surface area is 123 Å². The van der Waals surface area contributed by atoms with Crippen LogP contribution in [0.2, 0.25) is 0 Å². The predicted molar refractivity (Wildman–Crippen MR) is 76.3 cm³/mol. The van der Waals surface area contributed by atoms with E-state index in [1.165, 1.54) is 0 Å². The molecule has 6 heteroatoms. The van der Waals surface area contributed by atoms with E-state index in [1.807, 2.05) is 18.2 Å². The van der Waals surface area contributed by atoms with Gasteiger partial charge < -0.3 is 9.84 Å². The predicted octanol–water partition coefficient (Wildman–Crippen LogP) is 1.44. The fourth-order valence-electron chi connectivity index (χ4n) is 2.64. The quantitative estimate of drug-likeness (QED) is 0.924. The molecule has 1 saturated heterocycles. The summed E-state index contributed by atoms with van der Waals surface area (Å²) in [4.78, 5) is 18.3. The number of benzene rings is 1. The lowest BCUT2D eigenvalue weighted by atomic mass is 10.0. The highest BCUT2D eigenvalue weighted by atomic mass is 16.5. The van der Waals surface area contributed by atoms with Crippen LogP contribution in [0, 0.1) is 6.92 Å². The van der Waals surface area contributed by atoms with Crippen molar-refractivity contribution < 1.29 is 9.32 Å². The van der Waals surface area contributed by atoms with Gasteiger partial charge in [0.15, 0.2) is 5.82 Å². The second-order valence-corrected chi connectivity index (χ2v) is 5.19. The molecule has 1 atom stereocenters. The Bertz CT molecular complexity index is 611. The normalized spacial score (nSPS) is 20.0. The average molecular weight is 286 g/mol. The largest absolute Gasteiger partial charge is 0.355 e. The first kappa shape index (κ1) is 13.8. The molecule has 1 aromatic carbocycles. The second-order valence-electron chi connectivity index (χ2n) is 5.19. The molecule has 1 aliphatic heterocycles. The number of nitrogens with one attached hydrogen (secondary N) is 1. The van der Waals surface area contributed by atoms with Gasteiger partial charge in [0, 0.05) is 25.6 Å². The van der Waals surface area contributed by atoms with Crippen LogP contribution in [-0.4, -0.2) is 34.0 Å². The van der Waals surface area contributed by atoms with E-state index in [2.05, 4.69) is 32.5 Å². The van der Waals surface area contributed by atoms with Gasteiger partial charge in [-0.3, -0.25) is 9.69 Å². The van der Waals surface area contributed by atoms with Crippen LogP contribution in [-0.2, 0) is 11.3 Å². The zero-order chi connectivity index (χ0) is 14.7. The van der Waals surface area contributed by atoms with Gasteiger partial charge in [-0.2, -0.15) is 4.98 Å². The Kier molecular flexibility index (Phi) is 3.96. The number of nitrogens with zero attached hydrogens (tertiary/aromatic N) is 3. The first-order chi connectivity index (χ1) is 10.2. The van der Waals surface area contributed by atoms with Crippen molar-refractivity contribution in [1.82, 2.24) is 20.4 Å². The van der Waals surface area contributed by atoms with Crippen molar-refractivity contribution in [3.8, 4) is 0 Å². The van der Waals surface area contributed by atoms with Crippen molar-refractivity contribution in [3.63, 3.8) is 0 Å². The molecule has 6 nitrogen and oxygen atoms in total. The number of carbonyl (C=O) groups is 1. The summed E-state index contributed by atoms with van der Waals surface area (Å²) in [6, 6.07) is 10.1. The molecule has 1 aromatic heterocycles. The third-order valence-corrected chi connectivity index (χ3v) is 3.63. The average Bonchev–Trinajstić information content (AvgIpc) is 2.80. The van der Waals surface area contributed by atoms with E-state index in [0.29, 0.717) is 31.2 Å². The molecule has 1 N–H and O–H groups in total. The minimum atomic E-state index is 0.0286. The minimum Gasteiger partial charge on any atom is -0.355 e. The molecule has 1 aliphatic rings. The summed E-state index contributed by atoms with van der Waals surface area (Å²) in [5.74, 6) is 1.29. The molecule has 0 aliphatic carbocycles. The zero-order valence-corrected chi connectivity index (χ0v) is 12.0. The first-order valence-electron chi connectivity index (χ1n) is 7.07. The summed E-state index contributed by atoms with van der Waals surface area (Å²) in [5, 5.41) is 6.74. The molecule has 0 radical (unpaired) electrons. The standard InChI is InChI=1S/C15H18N4O2/c1-11-17-15(21-18-11)10-19-8-7-16-14(20)9-13(19)12-5-3-2-4-6-12/h2-6,13H,7-10H2,1H3,(H,16,20)/t13-/m0/s1. The van der Waals surface area contributed by atoms with Gasteiger partial charge in [0.2, 0.25) is 11.8 Å². The molecular formula is C15H18N4O2. The highest BCUT2D eigenvalue weighted by Gasteiger charge is 2.27. The van der Waals surface area contributed by atoms with E-state index in [-0.39, 0.29) is 11.9 Å². The number of rotatable bonds is 3. The smallest absolute Gasteiger partial charge is 0.240 e. The monoisotopic (exact) mass is 286 g/mol. The van der Waals surface area contributed by atoms with Crippen molar-refractivity contribution in [2.75, 3.05) is 13.1 Å². The fourth-order valence-corrected chi connectivity index (χ4v) is 2.64. The Morgan fingerprint density at radius 2 is 2.19 bits per heavy atom. The highest BCUT2D eigenvalue weighted by Crippen LogP contribution is 2.26. The van der Waals surface area contributed by atoms with E-state index in [1.54, 1.807) is 6.92 Å². The molecule has 2 heterocycles. The molecule has 0 spiro atoms. The van der Waals surface area contributed by atoms with E-state index in [9.17, 15) is 4.79 Å². The van der Waals surface area contributed by atoms with Crippen LogP contribution in [0.3, 0.4) is 0 Å². The number of hydrogen-bond acceptors (Lipinski definition) is 5. The topological polar surface area (TPSA) is 71.3 Å². The third-order valence-electron chi connectivity index (χ3n) is 3.63. The lowest BCUT2D eigenvalue weighted by Gasteiger charge is -2.27. The van der Waals surface area contributed by atoms with Gasteiger partial charge in [-0.25, -0.2) is 0 Å². The third kappa shape index (κ3) is 3.28. The molecular weight excluding hydrogens is 268 g/mol. The SMILES string of the molecule is Cc1noc(CN2CCNC(=O)C[C@H]2c2ccccc2)n1. The van der Waals surface area contributed by atoms with Crippen LogP contribution in [0.4, 0.5) is 0 Å². The minimum absolute atomic E-state index is 0.0286. The van der Waals surface area contributed by atoms with Gasteiger partial charge in [-0.05, 0) is 12.5 Å². The summed E-state index contributed by atoms with van der Waals surface area (Å²) >= 11 is 0. The van der Waals surface area contributed by atoms with Gasteiger partial charge in [0.05, 0.1) is 6.54 Å². The van der Waals surface area contributed by atoms with Crippen molar-refractivity contribution in [3.05, 3.63) is 47.6 Å². The maximum Gasteiger partial charge on any atom is 0.240 e. The van der Waals surface area contributed by atoms with Gasteiger partial charge >= 0.3 is 0 Å². The van der Waals surface area contributed by atoms with Gasteiger partial charge in [0.25, 0.3) is 0 Å². The van der Waals surface area contributed by atoms with Crippen molar-refractivity contribution >= 4 is 5.91 Å². The number of hydrogen-bond donors (Lipinski definition) is 1. The van der Waals surface area contributed by atoms with E-state index >= 15 is 0 Å². The number of amides is 1. The van der Waals surface area contributed by atoms with E-state index in [0.717, 1.165) is 12.1 Å². The molecule has 1 amide bonds. The lowest BCUT2D eigenvalue weighted by Crippen LogP contribution is -2.30. The summed E-state index contributed by atoms with van der Waals surface area (Å²) < 4.78 is 5.21. The van der Waals surface area contributed by atoms with E-state index < -0.39 is 0 Å². The van der Waals surface area contributed by atoms with Crippen molar-refractivity contribution in [2.45, 2.75) is 25.9 Å². The molecule has 0 unspecified atom stereocenters. The Morgan fingerprint density at radius 3 is 2.90 bits per heavy atom. The molecule has 110 valence electrons. The van der Waals surface area contributed by atoms with Crippen LogP contribution in [0.15, 0.2) is 34.9 Å². The number of aryl methyl sites for hydroxylation is 1. The molecule has 3 rings (SSSR count). The maximum atomic E-state index is 11.9. The van der Waals surface area contributed by atoms with Gasteiger partial charge in [-0.1, -0.05) is 35.5 Å². The summed E-state index contributed by atoms with van der Waals surface area (Å²) in [7, 11) is 0. The first-order valence-corrected chi connectivity index (χ1v) is 7.07. The van der Waals surface area contributed by atoms with E-state index in [4.69, 9.17) is 4.52 Å². The molecule has 2 aromatic rings. The fraction of sp³-hybridized carbons (Fsp3) is 0.400. The van der Waals surface area contributed by atoms with Crippen LogP contribution in [0.1, 0.15) is 29.7 Å². The van der Waals surface area contributed by atoms with Crippen LogP contribution >= 0.6 is 0 Å². The number of carbonyl (C=O) groups excluding carboxylic acids is 1. The Balaban J connectivity index is 1.85. The van der Waals surface area contributed by atoms with Gasteiger partial charge in [0.1, 0.15) is 0 Å². The van der Waals surface area contributed by atoms with Crippen molar-refractivity contribution in [1.29, 1.82) is 0 Å². The highest BCUT2D eigenvalue weighted by molar-refractivity contribution is 5.77. The summed E-state index contributed by atoms with van der Waals surface area (Å²) in [6.07, 6.45) is 0.442. The van der Waals surface area contributed by atoms with Crippen molar-refractivity contribution in [2.24, 2.45) is 0 Å². The molecule has 0 bridgehead atoms. The summed E-state index contributed by atoms with van der Waals surface area (Å²) in [6.45, 7) is 3.74. The molecule has 0 saturated carbocycles. The second kappa shape index (κ2) is 6.05. The Morgan fingerprint density at radius 1 is 1.38 bits per heavy atom. The maximum absolute atomic E-state index is 11.9. The van der Waals surface area contributed by atoms with Crippen LogP contribution in [0.25, 0.3) is 0 Å². The molecule has 21 heavy (non-hydrogen) atoms. The van der Waals surface area contributed by atoms with Gasteiger partial charge in [-0.15, -0.1) is 0 Å².